The summed E-state index contributed by atoms with van der Waals surface area (Å²) in [6, 6.07) is 7.62. The van der Waals surface area contributed by atoms with Gasteiger partial charge in [0.2, 0.25) is 5.91 Å². The van der Waals surface area contributed by atoms with E-state index in [2.05, 4.69) is 4.90 Å². The van der Waals surface area contributed by atoms with Gasteiger partial charge in [-0.2, -0.15) is 0 Å². The number of β-amino-alcohol motifs (C(OH)–C–C–N with tert-alkyl or cyclic N) is 1. The highest BCUT2D eigenvalue weighted by Crippen LogP contribution is 2.14. The number of ether oxygens (including phenoxy) is 1. The summed E-state index contributed by atoms with van der Waals surface area (Å²) in [6.07, 6.45) is 0.426. The summed E-state index contributed by atoms with van der Waals surface area (Å²) in [7, 11) is 1.63. The van der Waals surface area contributed by atoms with Crippen molar-refractivity contribution in [3.05, 3.63) is 29.8 Å². The van der Waals surface area contributed by atoms with Crippen LogP contribution in [-0.2, 0) is 11.2 Å². The molecule has 0 bridgehead atoms. The molecule has 1 heterocycles. The Hall–Kier alpha value is -1.59. The predicted molar refractivity (Wildman–Crippen MR) is 86.0 cm³/mol. The molecule has 0 spiro atoms. The van der Waals surface area contributed by atoms with Crippen LogP contribution >= 0.6 is 0 Å². The van der Waals surface area contributed by atoms with Gasteiger partial charge in [-0.25, -0.2) is 0 Å². The molecule has 1 aliphatic heterocycles. The lowest BCUT2D eigenvalue weighted by molar-refractivity contribution is -0.132. The summed E-state index contributed by atoms with van der Waals surface area (Å²) in [6.45, 7) is 7.36. The maximum absolute atomic E-state index is 12.3. The fourth-order valence-corrected chi connectivity index (χ4v) is 2.73. The van der Waals surface area contributed by atoms with Crippen molar-refractivity contribution in [1.29, 1.82) is 0 Å². The first-order valence-corrected chi connectivity index (χ1v) is 7.73. The van der Waals surface area contributed by atoms with Gasteiger partial charge in [0, 0.05) is 32.7 Å². The summed E-state index contributed by atoms with van der Waals surface area (Å²) in [5, 5.41) is 9.85. The molecule has 1 aliphatic rings. The van der Waals surface area contributed by atoms with Crippen molar-refractivity contribution in [2.75, 3.05) is 39.8 Å². The molecule has 1 saturated heterocycles. The zero-order chi connectivity index (χ0) is 16.2. The fourth-order valence-electron chi connectivity index (χ4n) is 2.73. The van der Waals surface area contributed by atoms with E-state index in [9.17, 15) is 9.90 Å². The molecule has 1 amide bonds. The van der Waals surface area contributed by atoms with E-state index in [0.29, 0.717) is 13.0 Å². The number of rotatable bonds is 5. The van der Waals surface area contributed by atoms with E-state index in [-0.39, 0.29) is 5.91 Å². The third-order valence-corrected chi connectivity index (χ3v) is 3.85. The van der Waals surface area contributed by atoms with Gasteiger partial charge in [-0.05, 0) is 31.5 Å². The smallest absolute Gasteiger partial charge is 0.227 e. The van der Waals surface area contributed by atoms with Crippen LogP contribution in [0.25, 0.3) is 0 Å². The number of carbonyl (C=O) groups is 1. The zero-order valence-corrected chi connectivity index (χ0v) is 13.7. The van der Waals surface area contributed by atoms with Crippen molar-refractivity contribution in [1.82, 2.24) is 9.80 Å². The van der Waals surface area contributed by atoms with Crippen molar-refractivity contribution in [2.24, 2.45) is 0 Å². The fraction of sp³-hybridized carbons (Fsp3) is 0.588. The molecule has 0 atom stereocenters. The largest absolute Gasteiger partial charge is 0.497 e. The minimum atomic E-state index is -0.685. The first-order chi connectivity index (χ1) is 10.4. The molecule has 0 aromatic heterocycles. The molecule has 1 fully saturated rings. The third-order valence-electron chi connectivity index (χ3n) is 3.85. The molecular weight excluding hydrogens is 280 g/mol. The lowest BCUT2D eigenvalue weighted by atomic mass is 10.1. The molecule has 5 heteroatoms. The number of hydrogen-bond acceptors (Lipinski definition) is 4. The lowest BCUT2D eigenvalue weighted by Gasteiger charge is -2.37. The van der Waals surface area contributed by atoms with E-state index in [0.717, 1.165) is 37.5 Å². The van der Waals surface area contributed by atoms with Gasteiger partial charge >= 0.3 is 0 Å². The summed E-state index contributed by atoms with van der Waals surface area (Å²) in [5.74, 6) is 0.963. The Bertz CT molecular complexity index is 486. The number of piperazine rings is 1. The average Bonchev–Trinajstić information content (AvgIpc) is 2.47. The van der Waals surface area contributed by atoms with Gasteiger partial charge in [0.1, 0.15) is 5.75 Å². The molecule has 5 nitrogen and oxygen atoms in total. The van der Waals surface area contributed by atoms with E-state index >= 15 is 0 Å². The summed E-state index contributed by atoms with van der Waals surface area (Å²) >= 11 is 0. The molecule has 1 N–H and O–H groups in total. The number of benzene rings is 1. The van der Waals surface area contributed by atoms with Crippen LogP contribution < -0.4 is 4.74 Å². The Labute approximate surface area is 132 Å². The van der Waals surface area contributed by atoms with Crippen molar-refractivity contribution in [3.8, 4) is 5.75 Å². The van der Waals surface area contributed by atoms with Gasteiger partial charge in [0.25, 0.3) is 0 Å². The third kappa shape index (κ3) is 5.00. The molecule has 2 rings (SSSR count). The molecule has 0 aliphatic carbocycles. The molecule has 122 valence electrons. The van der Waals surface area contributed by atoms with Crippen LogP contribution in [0.5, 0.6) is 5.75 Å². The zero-order valence-electron chi connectivity index (χ0n) is 13.7. The summed E-state index contributed by atoms with van der Waals surface area (Å²) in [5.41, 5.74) is 0.319. The molecular formula is C17H26N2O3. The lowest BCUT2D eigenvalue weighted by Crippen LogP contribution is -2.52. The Balaban J connectivity index is 1.81. The highest BCUT2D eigenvalue weighted by molar-refractivity contribution is 5.78. The molecule has 22 heavy (non-hydrogen) atoms. The number of methoxy groups -OCH3 is 1. The van der Waals surface area contributed by atoms with Crippen LogP contribution in [0, 0.1) is 0 Å². The molecule has 0 unspecified atom stereocenters. The number of nitrogens with zero attached hydrogens (tertiary/aromatic N) is 2. The minimum absolute atomic E-state index is 0.160. The average molecular weight is 306 g/mol. The van der Waals surface area contributed by atoms with E-state index in [1.807, 2.05) is 43.0 Å². The number of carbonyl (C=O) groups excluding carboxylic acids is 1. The Kier molecular flexibility index (Phi) is 5.42. The number of aliphatic hydroxyl groups is 1. The van der Waals surface area contributed by atoms with Crippen LogP contribution in [0.1, 0.15) is 19.4 Å². The quantitative estimate of drug-likeness (QED) is 0.887. The first kappa shape index (κ1) is 16.8. The van der Waals surface area contributed by atoms with E-state index in [4.69, 9.17) is 4.74 Å². The van der Waals surface area contributed by atoms with Gasteiger partial charge < -0.3 is 14.7 Å². The Morgan fingerprint density at radius 2 is 1.77 bits per heavy atom. The normalized spacial score (nSPS) is 16.6. The minimum Gasteiger partial charge on any atom is -0.497 e. The van der Waals surface area contributed by atoms with Crippen LogP contribution in [0.4, 0.5) is 0 Å². The monoisotopic (exact) mass is 306 g/mol. The van der Waals surface area contributed by atoms with Crippen molar-refractivity contribution >= 4 is 5.91 Å². The number of amides is 1. The van der Waals surface area contributed by atoms with Gasteiger partial charge in [-0.3, -0.25) is 9.69 Å². The van der Waals surface area contributed by atoms with Crippen molar-refractivity contribution in [3.63, 3.8) is 0 Å². The second-order valence-electron chi connectivity index (χ2n) is 6.49. The maximum atomic E-state index is 12.3. The molecule has 0 radical (unpaired) electrons. The van der Waals surface area contributed by atoms with E-state index in [1.165, 1.54) is 0 Å². The molecule has 0 saturated carbocycles. The second-order valence-corrected chi connectivity index (χ2v) is 6.49. The molecule has 1 aromatic rings. The van der Waals surface area contributed by atoms with Crippen LogP contribution in [0.15, 0.2) is 24.3 Å². The SMILES string of the molecule is COc1ccc(CC(=O)N2CCN(CC(C)(C)O)CC2)cc1. The molecule has 1 aromatic carbocycles. The van der Waals surface area contributed by atoms with Crippen LogP contribution in [-0.4, -0.2) is 66.2 Å². The Morgan fingerprint density at radius 1 is 1.18 bits per heavy atom. The Morgan fingerprint density at radius 3 is 2.27 bits per heavy atom. The summed E-state index contributed by atoms with van der Waals surface area (Å²) in [4.78, 5) is 16.5. The van der Waals surface area contributed by atoms with Gasteiger partial charge in [0.05, 0.1) is 19.1 Å². The van der Waals surface area contributed by atoms with Gasteiger partial charge in [0.15, 0.2) is 0 Å². The highest BCUT2D eigenvalue weighted by atomic mass is 16.5. The van der Waals surface area contributed by atoms with E-state index in [1.54, 1.807) is 7.11 Å². The van der Waals surface area contributed by atoms with Gasteiger partial charge in [-0.15, -0.1) is 0 Å². The van der Waals surface area contributed by atoms with Crippen LogP contribution in [0.2, 0.25) is 0 Å². The van der Waals surface area contributed by atoms with Crippen molar-refractivity contribution in [2.45, 2.75) is 25.9 Å². The summed E-state index contributed by atoms with van der Waals surface area (Å²) < 4.78 is 5.12. The topological polar surface area (TPSA) is 53.0 Å². The standard InChI is InChI=1S/C17H26N2O3/c1-17(2,21)13-18-8-10-19(11-9-18)16(20)12-14-4-6-15(22-3)7-5-14/h4-7,21H,8-13H2,1-3H3. The first-order valence-electron chi connectivity index (χ1n) is 7.73. The van der Waals surface area contributed by atoms with E-state index < -0.39 is 5.60 Å². The maximum Gasteiger partial charge on any atom is 0.227 e. The van der Waals surface area contributed by atoms with Crippen molar-refractivity contribution < 1.29 is 14.6 Å². The highest BCUT2D eigenvalue weighted by Gasteiger charge is 2.24. The van der Waals surface area contributed by atoms with Gasteiger partial charge in [-0.1, -0.05) is 12.1 Å². The predicted octanol–water partition coefficient (Wildman–Crippen LogP) is 1.15. The number of hydrogen-bond donors (Lipinski definition) is 1. The second kappa shape index (κ2) is 7.11. The van der Waals surface area contributed by atoms with Crippen LogP contribution in [0.3, 0.4) is 0 Å².